The minimum atomic E-state index is -3.41. The summed E-state index contributed by atoms with van der Waals surface area (Å²) in [7, 11) is -3.41. The summed E-state index contributed by atoms with van der Waals surface area (Å²) in [6, 6.07) is 12.4. The van der Waals surface area contributed by atoms with Crippen LogP contribution in [-0.4, -0.2) is 36.7 Å². The van der Waals surface area contributed by atoms with Crippen LogP contribution in [0.3, 0.4) is 0 Å². The molecule has 1 unspecified atom stereocenters. The average molecular weight is 402 g/mol. The Bertz CT molecular complexity index is 877. The minimum Gasteiger partial charge on any atom is -0.348 e. The lowest BCUT2D eigenvalue weighted by Gasteiger charge is -2.25. The van der Waals surface area contributed by atoms with Gasteiger partial charge in [0, 0.05) is 25.7 Å². The fraction of sp³-hybridized carbons (Fsp3) is 0.429. The minimum absolute atomic E-state index is 0.0526. The third-order valence-electron chi connectivity index (χ3n) is 5.03. The molecule has 0 saturated carbocycles. The molecule has 1 atom stereocenters. The number of amides is 1. The quantitative estimate of drug-likeness (QED) is 0.773. The molecule has 1 aliphatic rings. The maximum absolute atomic E-state index is 12.7. The van der Waals surface area contributed by atoms with Crippen LogP contribution in [-0.2, 0) is 21.2 Å². The van der Waals surface area contributed by atoms with Gasteiger partial charge in [-0.25, -0.2) is 8.42 Å². The van der Waals surface area contributed by atoms with Gasteiger partial charge in [-0.1, -0.05) is 24.6 Å². The Morgan fingerprint density at radius 3 is 2.46 bits per heavy atom. The van der Waals surface area contributed by atoms with E-state index in [0.29, 0.717) is 30.8 Å². The van der Waals surface area contributed by atoms with Crippen molar-refractivity contribution in [3.8, 4) is 0 Å². The van der Waals surface area contributed by atoms with Gasteiger partial charge in [0.2, 0.25) is 15.9 Å². The molecule has 150 valence electrons. The molecule has 7 heteroatoms. The highest BCUT2D eigenvalue weighted by Crippen LogP contribution is 2.21. The van der Waals surface area contributed by atoms with Gasteiger partial charge in [-0.05, 0) is 56.0 Å². The molecule has 1 N–H and O–H groups in total. The zero-order valence-corrected chi connectivity index (χ0v) is 17.0. The lowest BCUT2D eigenvalue weighted by molar-refractivity contribution is -0.121. The van der Waals surface area contributed by atoms with E-state index in [1.54, 1.807) is 34.8 Å². The SMILES string of the molecule is CC(NC(=O)CCc1ccc(S(=O)(=O)N2CCCCC2)cc1)c1ccccn1. The maximum Gasteiger partial charge on any atom is 0.243 e. The number of piperidine rings is 1. The first kappa shape index (κ1) is 20.5. The summed E-state index contributed by atoms with van der Waals surface area (Å²) in [5.41, 5.74) is 1.77. The van der Waals surface area contributed by atoms with Crippen LogP contribution in [0.15, 0.2) is 53.6 Å². The van der Waals surface area contributed by atoms with Crippen LogP contribution >= 0.6 is 0 Å². The predicted molar refractivity (Wildman–Crippen MR) is 108 cm³/mol. The van der Waals surface area contributed by atoms with Crippen molar-refractivity contribution in [3.63, 3.8) is 0 Å². The van der Waals surface area contributed by atoms with Crippen molar-refractivity contribution in [2.45, 2.75) is 50.0 Å². The summed E-state index contributed by atoms with van der Waals surface area (Å²) in [6.07, 6.45) is 5.54. The van der Waals surface area contributed by atoms with Crippen LogP contribution in [0.2, 0.25) is 0 Å². The summed E-state index contributed by atoms with van der Waals surface area (Å²) < 4.78 is 26.9. The first-order chi connectivity index (χ1) is 13.5. The van der Waals surface area contributed by atoms with E-state index in [4.69, 9.17) is 0 Å². The van der Waals surface area contributed by atoms with Gasteiger partial charge in [-0.3, -0.25) is 9.78 Å². The number of aryl methyl sites for hydroxylation is 1. The molecule has 3 rings (SSSR count). The van der Waals surface area contributed by atoms with Crippen LogP contribution in [0.4, 0.5) is 0 Å². The van der Waals surface area contributed by atoms with E-state index >= 15 is 0 Å². The molecule has 1 aromatic carbocycles. The Labute approximate surface area is 167 Å². The monoisotopic (exact) mass is 401 g/mol. The molecule has 0 radical (unpaired) electrons. The Morgan fingerprint density at radius 2 is 1.82 bits per heavy atom. The second kappa shape index (κ2) is 9.30. The molecule has 1 saturated heterocycles. The number of hydrogen-bond acceptors (Lipinski definition) is 4. The van der Waals surface area contributed by atoms with Crippen molar-refractivity contribution in [2.75, 3.05) is 13.1 Å². The Balaban J connectivity index is 1.53. The highest BCUT2D eigenvalue weighted by molar-refractivity contribution is 7.89. The van der Waals surface area contributed by atoms with Gasteiger partial charge in [0.1, 0.15) is 0 Å². The fourth-order valence-electron chi connectivity index (χ4n) is 3.36. The van der Waals surface area contributed by atoms with Gasteiger partial charge in [-0.2, -0.15) is 4.31 Å². The highest BCUT2D eigenvalue weighted by atomic mass is 32.2. The lowest BCUT2D eigenvalue weighted by atomic mass is 10.1. The number of carbonyl (C=O) groups is 1. The van der Waals surface area contributed by atoms with E-state index in [0.717, 1.165) is 30.5 Å². The summed E-state index contributed by atoms with van der Waals surface area (Å²) in [4.78, 5) is 16.8. The number of pyridine rings is 1. The maximum atomic E-state index is 12.7. The number of nitrogens with zero attached hydrogens (tertiary/aromatic N) is 2. The van der Waals surface area contributed by atoms with Gasteiger partial charge in [-0.15, -0.1) is 0 Å². The van der Waals surface area contributed by atoms with Gasteiger partial charge in [0.05, 0.1) is 16.6 Å². The van der Waals surface area contributed by atoms with Crippen molar-refractivity contribution in [2.24, 2.45) is 0 Å². The molecule has 1 aromatic heterocycles. The molecular weight excluding hydrogens is 374 g/mol. The van der Waals surface area contributed by atoms with Crippen LogP contribution in [0, 0.1) is 0 Å². The van der Waals surface area contributed by atoms with Gasteiger partial charge in [0.15, 0.2) is 0 Å². The predicted octanol–water partition coefficient (Wildman–Crippen LogP) is 3.07. The van der Waals surface area contributed by atoms with Gasteiger partial charge < -0.3 is 5.32 Å². The van der Waals surface area contributed by atoms with Gasteiger partial charge in [0.25, 0.3) is 0 Å². The number of hydrogen-bond donors (Lipinski definition) is 1. The Kier molecular flexibility index (Phi) is 6.80. The third-order valence-corrected chi connectivity index (χ3v) is 6.94. The number of benzene rings is 1. The molecule has 0 aliphatic carbocycles. The first-order valence-corrected chi connectivity index (χ1v) is 11.2. The van der Waals surface area contributed by atoms with Crippen LogP contribution < -0.4 is 5.32 Å². The molecular formula is C21H27N3O3S. The van der Waals surface area contributed by atoms with Crippen molar-refractivity contribution < 1.29 is 13.2 Å². The Hall–Kier alpha value is -2.25. The third kappa shape index (κ3) is 5.17. The molecule has 2 aromatic rings. The highest BCUT2D eigenvalue weighted by Gasteiger charge is 2.25. The number of sulfonamides is 1. The summed E-state index contributed by atoms with van der Waals surface area (Å²) >= 11 is 0. The van der Waals surface area contributed by atoms with E-state index in [-0.39, 0.29) is 11.9 Å². The summed E-state index contributed by atoms with van der Waals surface area (Å²) in [5, 5.41) is 2.94. The molecule has 0 spiro atoms. The normalized spacial score (nSPS) is 16.5. The molecule has 1 aliphatic heterocycles. The number of rotatable bonds is 7. The topological polar surface area (TPSA) is 79.4 Å². The summed E-state index contributed by atoms with van der Waals surface area (Å²) in [5.74, 6) is -0.0526. The van der Waals surface area contributed by atoms with Crippen molar-refractivity contribution in [1.82, 2.24) is 14.6 Å². The van der Waals surface area contributed by atoms with Crippen molar-refractivity contribution in [3.05, 3.63) is 59.9 Å². The van der Waals surface area contributed by atoms with E-state index < -0.39 is 10.0 Å². The number of carbonyl (C=O) groups excluding carboxylic acids is 1. The molecule has 1 fully saturated rings. The lowest BCUT2D eigenvalue weighted by Crippen LogP contribution is -2.35. The van der Waals surface area contributed by atoms with Gasteiger partial charge >= 0.3 is 0 Å². The zero-order chi connectivity index (χ0) is 20.0. The molecule has 6 nitrogen and oxygen atoms in total. The zero-order valence-electron chi connectivity index (χ0n) is 16.2. The van der Waals surface area contributed by atoms with Crippen LogP contribution in [0.5, 0.6) is 0 Å². The fourth-order valence-corrected chi connectivity index (χ4v) is 4.88. The van der Waals surface area contributed by atoms with Crippen molar-refractivity contribution >= 4 is 15.9 Å². The van der Waals surface area contributed by atoms with E-state index in [9.17, 15) is 13.2 Å². The summed E-state index contributed by atoms with van der Waals surface area (Å²) in [6.45, 7) is 3.10. The second-order valence-corrected chi connectivity index (χ2v) is 9.09. The Morgan fingerprint density at radius 1 is 1.11 bits per heavy atom. The molecule has 2 heterocycles. The molecule has 0 bridgehead atoms. The second-order valence-electron chi connectivity index (χ2n) is 7.15. The number of aromatic nitrogens is 1. The molecule has 1 amide bonds. The average Bonchev–Trinajstić information content (AvgIpc) is 2.74. The first-order valence-electron chi connectivity index (χ1n) is 9.76. The van der Waals surface area contributed by atoms with E-state index in [2.05, 4.69) is 10.3 Å². The largest absolute Gasteiger partial charge is 0.348 e. The van der Waals surface area contributed by atoms with E-state index in [1.165, 1.54) is 0 Å². The number of nitrogens with one attached hydrogen (secondary N) is 1. The van der Waals surface area contributed by atoms with Crippen molar-refractivity contribution in [1.29, 1.82) is 0 Å². The van der Waals surface area contributed by atoms with E-state index in [1.807, 2.05) is 25.1 Å². The molecule has 28 heavy (non-hydrogen) atoms. The van der Waals surface area contributed by atoms with Crippen LogP contribution in [0.25, 0.3) is 0 Å². The standard InChI is InChI=1S/C21H27N3O3S/c1-17(20-7-3-4-14-22-20)23-21(25)13-10-18-8-11-19(12-9-18)28(26,27)24-15-5-2-6-16-24/h3-4,7-9,11-12,14,17H,2,5-6,10,13,15-16H2,1H3,(H,23,25). The van der Waals surface area contributed by atoms with Crippen LogP contribution in [0.1, 0.15) is 49.9 Å². The smallest absolute Gasteiger partial charge is 0.243 e.